The molecule has 0 unspecified atom stereocenters. The fourth-order valence-electron chi connectivity index (χ4n) is 3.15. The van der Waals surface area contributed by atoms with E-state index in [0.29, 0.717) is 10.6 Å². The maximum atomic E-state index is 13.4. The highest BCUT2D eigenvalue weighted by molar-refractivity contribution is 6.30. The first kappa shape index (κ1) is 16.4. The molecule has 0 spiro atoms. The molecule has 4 heteroatoms. The SMILES string of the molecule is COC1=Cc2ccccc2N(C(=O)c2ccc(Cl)cc2)c2ccccc21. The molecule has 0 aromatic heterocycles. The molecular weight excluding hydrogens is 346 g/mol. The number of hydrogen-bond donors (Lipinski definition) is 0. The third-order valence-electron chi connectivity index (χ3n) is 4.39. The van der Waals surface area contributed by atoms with Gasteiger partial charge in [0, 0.05) is 21.7 Å². The minimum atomic E-state index is -0.118. The van der Waals surface area contributed by atoms with Crippen LogP contribution in [0.1, 0.15) is 21.5 Å². The molecule has 26 heavy (non-hydrogen) atoms. The van der Waals surface area contributed by atoms with Gasteiger partial charge in [-0.3, -0.25) is 9.69 Å². The summed E-state index contributed by atoms with van der Waals surface area (Å²) in [5.74, 6) is 0.603. The molecule has 0 radical (unpaired) electrons. The van der Waals surface area contributed by atoms with Crippen LogP contribution in [0, 0.1) is 0 Å². The first-order valence-corrected chi connectivity index (χ1v) is 8.61. The van der Waals surface area contributed by atoms with Crippen LogP contribution in [0.25, 0.3) is 11.8 Å². The minimum absolute atomic E-state index is 0.118. The number of amides is 1. The van der Waals surface area contributed by atoms with E-state index in [1.165, 1.54) is 0 Å². The molecule has 0 saturated heterocycles. The van der Waals surface area contributed by atoms with Gasteiger partial charge in [-0.15, -0.1) is 0 Å². The molecule has 0 aliphatic carbocycles. The van der Waals surface area contributed by atoms with Crippen molar-refractivity contribution in [2.75, 3.05) is 12.0 Å². The van der Waals surface area contributed by atoms with Crippen LogP contribution >= 0.6 is 11.6 Å². The first-order chi connectivity index (χ1) is 12.7. The van der Waals surface area contributed by atoms with Gasteiger partial charge in [0.15, 0.2) is 0 Å². The Kier molecular flexibility index (Phi) is 4.23. The van der Waals surface area contributed by atoms with E-state index in [9.17, 15) is 4.79 Å². The highest BCUT2D eigenvalue weighted by Gasteiger charge is 2.27. The number of ether oxygens (including phenoxy) is 1. The summed E-state index contributed by atoms with van der Waals surface area (Å²) in [6, 6.07) is 22.5. The molecule has 3 nitrogen and oxygen atoms in total. The van der Waals surface area contributed by atoms with Crippen LogP contribution in [0.15, 0.2) is 72.8 Å². The highest BCUT2D eigenvalue weighted by atomic mass is 35.5. The van der Waals surface area contributed by atoms with Crippen molar-refractivity contribution in [3.8, 4) is 0 Å². The van der Waals surface area contributed by atoms with Crippen LogP contribution in [0.2, 0.25) is 5.02 Å². The molecule has 0 saturated carbocycles. The molecule has 3 aromatic carbocycles. The number of benzene rings is 3. The predicted octanol–water partition coefficient (Wildman–Crippen LogP) is 5.78. The Morgan fingerprint density at radius 2 is 1.54 bits per heavy atom. The van der Waals surface area contributed by atoms with E-state index in [-0.39, 0.29) is 5.91 Å². The second-order valence-corrected chi connectivity index (χ2v) is 6.37. The highest BCUT2D eigenvalue weighted by Crippen LogP contribution is 2.40. The second kappa shape index (κ2) is 6.70. The topological polar surface area (TPSA) is 29.5 Å². The molecule has 1 heterocycles. The van der Waals surface area contributed by atoms with Crippen molar-refractivity contribution in [3.05, 3.63) is 94.5 Å². The van der Waals surface area contributed by atoms with Gasteiger partial charge < -0.3 is 4.74 Å². The second-order valence-electron chi connectivity index (χ2n) is 5.94. The number of methoxy groups -OCH3 is 1. The normalized spacial score (nSPS) is 12.5. The van der Waals surface area contributed by atoms with Crippen molar-refractivity contribution in [3.63, 3.8) is 0 Å². The lowest BCUT2D eigenvalue weighted by Crippen LogP contribution is -2.27. The molecule has 0 bridgehead atoms. The summed E-state index contributed by atoms with van der Waals surface area (Å²) in [5.41, 5.74) is 3.95. The van der Waals surface area contributed by atoms with Gasteiger partial charge in [-0.05, 0) is 48.5 Å². The Bertz CT molecular complexity index is 1010. The van der Waals surface area contributed by atoms with Gasteiger partial charge in [-0.1, -0.05) is 41.9 Å². The molecule has 1 amide bonds. The maximum absolute atomic E-state index is 13.4. The molecule has 3 aromatic rings. The number of anilines is 2. The van der Waals surface area contributed by atoms with Crippen LogP contribution < -0.4 is 4.90 Å². The third kappa shape index (κ3) is 2.76. The van der Waals surface area contributed by atoms with Gasteiger partial charge in [-0.2, -0.15) is 0 Å². The Morgan fingerprint density at radius 1 is 0.885 bits per heavy atom. The van der Waals surface area contributed by atoms with Crippen molar-refractivity contribution < 1.29 is 9.53 Å². The van der Waals surface area contributed by atoms with Crippen LogP contribution in [-0.4, -0.2) is 13.0 Å². The lowest BCUT2D eigenvalue weighted by atomic mass is 10.1. The number of hydrogen-bond acceptors (Lipinski definition) is 2. The average molecular weight is 362 g/mol. The van der Waals surface area contributed by atoms with Gasteiger partial charge in [0.25, 0.3) is 5.91 Å². The molecule has 0 fully saturated rings. The predicted molar refractivity (Wildman–Crippen MR) is 106 cm³/mol. The lowest BCUT2D eigenvalue weighted by molar-refractivity contribution is 0.0999. The zero-order valence-corrected chi connectivity index (χ0v) is 14.9. The monoisotopic (exact) mass is 361 g/mol. The van der Waals surface area contributed by atoms with Crippen LogP contribution in [0.5, 0.6) is 0 Å². The summed E-state index contributed by atoms with van der Waals surface area (Å²) >= 11 is 5.98. The fourth-order valence-corrected chi connectivity index (χ4v) is 3.27. The summed E-state index contributed by atoms with van der Waals surface area (Å²) in [6.07, 6.45) is 1.96. The minimum Gasteiger partial charge on any atom is -0.496 e. The summed E-state index contributed by atoms with van der Waals surface area (Å²) in [6.45, 7) is 0. The maximum Gasteiger partial charge on any atom is 0.262 e. The molecule has 4 rings (SSSR count). The lowest BCUT2D eigenvalue weighted by Gasteiger charge is -2.25. The fraction of sp³-hybridized carbons (Fsp3) is 0.0455. The largest absolute Gasteiger partial charge is 0.496 e. The van der Waals surface area contributed by atoms with E-state index in [1.54, 1.807) is 36.3 Å². The van der Waals surface area contributed by atoms with E-state index in [4.69, 9.17) is 16.3 Å². The quantitative estimate of drug-likeness (QED) is 0.579. The van der Waals surface area contributed by atoms with Crippen LogP contribution in [0.3, 0.4) is 0 Å². The Balaban J connectivity index is 1.95. The summed E-state index contributed by atoms with van der Waals surface area (Å²) < 4.78 is 5.61. The number of fused-ring (bicyclic) bond motifs is 2. The smallest absolute Gasteiger partial charge is 0.262 e. The molecule has 128 valence electrons. The number of halogens is 1. The van der Waals surface area contributed by atoms with Crippen molar-refractivity contribution in [2.45, 2.75) is 0 Å². The van der Waals surface area contributed by atoms with Crippen LogP contribution in [-0.2, 0) is 4.74 Å². The first-order valence-electron chi connectivity index (χ1n) is 8.23. The summed E-state index contributed by atoms with van der Waals surface area (Å²) in [7, 11) is 1.64. The third-order valence-corrected chi connectivity index (χ3v) is 4.64. The molecule has 1 aliphatic heterocycles. The van der Waals surface area contributed by atoms with Gasteiger partial charge in [0.1, 0.15) is 5.76 Å². The van der Waals surface area contributed by atoms with Crippen LogP contribution in [0.4, 0.5) is 11.4 Å². The Morgan fingerprint density at radius 3 is 2.27 bits per heavy atom. The molecule has 0 N–H and O–H groups in total. The molecule has 0 atom stereocenters. The van der Waals surface area contributed by atoms with Gasteiger partial charge >= 0.3 is 0 Å². The molecular formula is C22H16ClNO2. The number of rotatable bonds is 2. The van der Waals surface area contributed by atoms with Gasteiger partial charge in [0.05, 0.1) is 18.5 Å². The van der Waals surface area contributed by atoms with E-state index in [0.717, 1.165) is 28.3 Å². The van der Waals surface area contributed by atoms with E-state index in [2.05, 4.69) is 0 Å². The van der Waals surface area contributed by atoms with Crippen molar-refractivity contribution >= 4 is 40.7 Å². The van der Waals surface area contributed by atoms with E-state index >= 15 is 0 Å². The number of para-hydroxylation sites is 2. The van der Waals surface area contributed by atoms with Crippen molar-refractivity contribution in [1.29, 1.82) is 0 Å². The number of carbonyl (C=O) groups is 1. The van der Waals surface area contributed by atoms with E-state index in [1.807, 2.05) is 54.6 Å². The average Bonchev–Trinajstić information content (AvgIpc) is 2.82. The van der Waals surface area contributed by atoms with Crippen molar-refractivity contribution in [1.82, 2.24) is 0 Å². The van der Waals surface area contributed by atoms with Gasteiger partial charge in [-0.25, -0.2) is 0 Å². The molecule has 1 aliphatic rings. The van der Waals surface area contributed by atoms with E-state index < -0.39 is 0 Å². The Hall–Kier alpha value is -3.04. The number of carbonyl (C=O) groups excluding carboxylic acids is 1. The van der Waals surface area contributed by atoms with Gasteiger partial charge in [0.2, 0.25) is 0 Å². The standard InChI is InChI=1S/C22H16ClNO2/c1-26-21-14-16-6-2-4-8-19(16)24(20-9-5-3-7-18(20)21)22(25)15-10-12-17(23)13-11-15/h2-14H,1H3. The zero-order valence-electron chi connectivity index (χ0n) is 14.1. The van der Waals surface area contributed by atoms with Crippen molar-refractivity contribution in [2.24, 2.45) is 0 Å². The number of nitrogens with zero attached hydrogens (tertiary/aromatic N) is 1. The Labute approximate surface area is 157 Å². The summed E-state index contributed by atoms with van der Waals surface area (Å²) in [5, 5.41) is 0.599. The zero-order chi connectivity index (χ0) is 18.1. The summed E-state index contributed by atoms with van der Waals surface area (Å²) in [4.78, 5) is 15.1.